The summed E-state index contributed by atoms with van der Waals surface area (Å²) in [5, 5.41) is 3.04. The van der Waals surface area contributed by atoms with Gasteiger partial charge in [0.05, 0.1) is 6.61 Å². The zero-order chi connectivity index (χ0) is 20.6. The van der Waals surface area contributed by atoms with Gasteiger partial charge in [0.2, 0.25) is 5.91 Å². The minimum absolute atomic E-state index is 0.00686. The molecular formula is C23H27FN2O3. The molecule has 1 aliphatic rings. The second-order valence-corrected chi connectivity index (χ2v) is 7.41. The Morgan fingerprint density at radius 1 is 1.14 bits per heavy atom. The average Bonchev–Trinajstić information content (AvgIpc) is 2.72. The van der Waals surface area contributed by atoms with Crippen LogP contribution in [-0.4, -0.2) is 42.5 Å². The summed E-state index contributed by atoms with van der Waals surface area (Å²) < 4.78 is 19.0. The Labute approximate surface area is 170 Å². The van der Waals surface area contributed by atoms with Gasteiger partial charge in [0.1, 0.15) is 11.6 Å². The van der Waals surface area contributed by atoms with E-state index < -0.39 is 5.82 Å². The van der Waals surface area contributed by atoms with Crippen LogP contribution in [0.2, 0.25) is 0 Å². The third kappa shape index (κ3) is 6.31. The molecule has 0 atom stereocenters. The van der Waals surface area contributed by atoms with Crippen LogP contribution in [0.3, 0.4) is 0 Å². The Bertz CT molecular complexity index is 830. The molecule has 3 rings (SSSR count). The van der Waals surface area contributed by atoms with E-state index in [0.717, 1.165) is 5.75 Å². The Morgan fingerprint density at radius 2 is 1.86 bits per heavy atom. The van der Waals surface area contributed by atoms with E-state index in [2.05, 4.69) is 5.32 Å². The van der Waals surface area contributed by atoms with Crippen molar-refractivity contribution in [3.05, 3.63) is 65.5 Å². The maximum atomic E-state index is 13.3. The van der Waals surface area contributed by atoms with Gasteiger partial charge in [-0.2, -0.15) is 0 Å². The minimum atomic E-state index is -0.413. The first kappa shape index (κ1) is 20.8. The normalized spacial score (nSPS) is 14.5. The molecule has 0 spiro atoms. The van der Waals surface area contributed by atoms with Crippen molar-refractivity contribution < 1.29 is 18.7 Å². The van der Waals surface area contributed by atoms with E-state index in [9.17, 15) is 14.0 Å². The van der Waals surface area contributed by atoms with E-state index in [0.29, 0.717) is 50.9 Å². The highest BCUT2D eigenvalue weighted by Gasteiger charge is 2.24. The zero-order valence-electron chi connectivity index (χ0n) is 16.7. The summed E-state index contributed by atoms with van der Waals surface area (Å²) in [6.07, 6.45) is 2.46. The van der Waals surface area contributed by atoms with Crippen LogP contribution in [0, 0.1) is 12.7 Å². The van der Waals surface area contributed by atoms with Gasteiger partial charge in [-0.05, 0) is 56.5 Å². The molecule has 0 unspecified atom stereocenters. The number of amides is 2. The van der Waals surface area contributed by atoms with Crippen molar-refractivity contribution in [2.24, 2.45) is 0 Å². The summed E-state index contributed by atoms with van der Waals surface area (Å²) in [7, 11) is 0. The molecule has 1 aliphatic heterocycles. The van der Waals surface area contributed by atoms with E-state index in [1.165, 1.54) is 23.8 Å². The van der Waals surface area contributed by atoms with E-state index in [1.807, 2.05) is 31.2 Å². The molecule has 29 heavy (non-hydrogen) atoms. The van der Waals surface area contributed by atoms with Crippen LogP contribution in [0.1, 0.15) is 41.6 Å². The average molecular weight is 398 g/mol. The largest absolute Gasteiger partial charge is 0.494 e. The molecule has 0 aliphatic carbocycles. The van der Waals surface area contributed by atoms with Crippen LogP contribution in [0.25, 0.3) is 0 Å². The summed E-state index contributed by atoms with van der Waals surface area (Å²) in [5.41, 5.74) is 1.54. The number of piperidine rings is 1. The number of hydrogen-bond donors (Lipinski definition) is 1. The van der Waals surface area contributed by atoms with Crippen molar-refractivity contribution in [1.29, 1.82) is 0 Å². The molecule has 0 saturated carbocycles. The molecule has 2 aromatic rings. The number of ether oxygens (including phenoxy) is 1. The lowest BCUT2D eigenvalue weighted by Crippen LogP contribution is -2.46. The lowest BCUT2D eigenvalue weighted by molar-refractivity contribution is -0.122. The van der Waals surface area contributed by atoms with Gasteiger partial charge in [0.15, 0.2) is 0 Å². The quantitative estimate of drug-likeness (QED) is 0.724. The molecule has 0 aromatic heterocycles. The standard InChI is InChI=1S/C23H27FN2O3/c1-17-7-9-21(10-8-17)29-15-3-6-22(27)25-20-11-13-26(14-12-20)23(28)18-4-2-5-19(24)16-18/h2,4-5,7-10,16,20H,3,6,11-15H2,1H3,(H,25,27). The molecule has 1 saturated heterocycles. The minimum Gasteiger partial charge on any atom is -0.494 e. The van der Waals surface area contributed by atoms with Crippen molar-refractivity contribution >= 4 is 11.8 Å². The predicted octanol–water partition coefficient (Wildman–Crippen LogP) is 3.71. The summed E-state index contributed by atoms with van der Waals surface area (Å²) >= 11 is 0. The van der Waals surface area contributed by atoms with Crippen LogP contribution >= 0.6 is 0 Å². The molecule has 0 radical (unpaired) electrons. The monoisotopic (exact) mass is 398 g/mol. The van der Waals surface area contributed by atoms with Crippen molar-refractivity contribution in [3.63, 3.8) is 0 Å². The summed E-state index contributed by atoms with van der Waals surface area (Å²) in [6, 6.07) is 13.6. The molecule has 1 heterocycles. The van der Waals surface area contributed by atoms with Gasteiger partial charge in [-0.25, -0.2) is 4.39 Å². The van der Waals surface area contributed by atoms with Crippen molar-refractivity contribution in [3.8, 4) is 5.75 Å². The second-order valence-electron chi connectivity index (χ2n) is 7.41. The van der Waals surface area contributed by atoms with Crippen LogP contribution in [0.4, 0.5) is 4.39 Å². The number of rotatable bonds is 7. The number of nitrogens with one attached hydrogen (secondary N) is 1. The van der Waals surface area contributed by atoms with E-state index in [4.69, 9.17) is 4.74 Å². The Balaban J connectivity index is 1.34. The van der Waals surface area contributed by atoms with Crippen LogP contribution < -0.4 is 10.1 Å². The fourth-order valence-corrected chi connectivity index (χ4v) is 3.39. The second kappa shape index (κ2) is 10.0. The fraction of sp³-hybridized carbons (Fsp3) is 0.391. The molecule has 6 heteroatoms. The van der Waals surface area contributed by atoms with E-state index in [1.54, 1.807) is 11.0 Å². The zero-order valence-corrected chi connectivity index (χ0v) is 16.7. The van der Waals surface area contributed by atoms with E-state index in [-0.39, 0.29) is 17.9 Å². The third-order valence-corrected chi connectivity index (χ3v) is 5.06. The van der Waals surface area contributed by atoms with Gasteiger partial charge in [0, 0.05) is 31.1 Å². The Kier molecular flexibility index (Phi) is 7.22. The van der Waals surface area contributed by atoms with Gasteiger partial charge >= 0.3 is 0 Å². The molecule has 154 valence electrons. The smallest absolute Gasteiger partial charge is 0.253 e. The number of likely N-dealkylation sites (tertiary alicyclic amines) is 1. The van der Waals surface area contributed by atoms with Crippen LogP contribution in [0.15, 0.2) is 48.5 Å². The molecule has 1 fully saturated rings. The lowest BCUT2D eigenvalue weighted by Gasteiger charge is -2.32. The number of nitrogens with zero attached hydrogens (tertiary/aromatic N) is 1. The van der Waals surface area contributed by atoms with Crippen LogP contribution in [0.5, 0.6) is 5.75 Å². The van der Waals surface area contributed by atoms with E-state index >= 15 is 0 Å². The first-order chi connectivity index (χ1) is 14.0. The fourth-order valence-electron chi connectivity index (χ4n) is 3.39. The Hall–Kier alpha value is -2.89. The summed E-state index contributed by atoms with van der Waals surface area (Å²) in [6.45, 7) is 3.63. The number of carbonyl (C=O) groups is 2. The highest BCUT2D eigenvalue weighted by atomic mass is 19.1. The number of hydrogen-bond acceptors (Lipinski definition) is 3. The van der Waals surface area contributed by atoms with Gasteiger partial charge in [0.25, 0.3) is 5.91 Å². The van der Waals surface area contributed by atoms with Gasteiger partial charge in [-0.3, -0.25) is 9.59 Å². The van der Waals surface area contributed by atoms with Gasteiger partial charge in [-0.15, -0.1) is 0 Å². The summed E-state index contributed by atoms with van der Waals surface area (Å²) in [5.74, 6) is 0.241. The molecule has 1 N–H and O–H groups in total. The maximum absolute atomic E-state index is 13.3. The first-order valence-electron chi connectivity index (χ1n) is 10.0. The number of carbonyl (C=O) groups excluding carboxylic acids is 2. The molecule has 2 aromatic carbocycles. The van der Waals surface area contributed by atoms with Crippen LogP contribution in [-0.2, 0) is 4.79 Å². The van der Waals surface area contributed by atoms with Crippen molar-refractivity contribution in [1.82, 2.24) is 10.2 Å². The van der Waals surface area contributed by atoms with Crippen molar-refractivity contribution in [2.75, 3.05) is 19.7 Å². The molecule has 5 nitrogen and oxygen atoms in total. The molecule has 0 bridgehead atoms. The third-order valence-electron chi connectivity index (χ3n) is 5.06. The maximum Gasteiger partial charge on any atom is 0.253 e. The van der Waals surface area contributed by atoms with Gasteiger partial charge in [-0.1, -0.05) is 23.8 Å². The highest BCUT2D eigenvalue weighted by Crippen LogP contribution is 2.15. The highest BCUT2D eigenvalue weighted by molar-refractivity contribution is 5.94. The Morgan fingerprint density at radius 3 is 2.55 bits per heavy atom. The molecular weight excluding hydrogens is 371 g/mol. The number of halogens is 1. The molecule has 2 amide bonds. The lowest BCUT2D eigenvalue weighted by atomic mass is 10.0. The number of benzene rings is 2. The topological polar surface area (TPSA) is 58.6 Å². The van der Waals surface area contributed by atoms with Crippen molar-refractivity contribution in [2.45, 2.75) is 38.6 Å². The predicted molar refractivity (Wildman–Crippen MR) is 109 cm³/mol. The SMILES string of the molecule is Cc1ccc(OCCCC(=O)NC2CCN(C(=O)c3cccc(F)c3)CC2)cc1. The number of aryl methyl sites for hydroxylation is 1. The summed E-state index contributed by atoms with van der Waals surface area (Å²) in [4.78, 5) is 26.3. The first-order valence-corrected chi connectivity index (χ1v) is 10.0. The van der Waals surface area contributed by atoms with Gasteiger partial charge < -0.3 is 15.0 Å².